The fourth-order valence-electron chi connectivity index (χ4n) is 2.15. The van der Waals surface area contributed by atoms with Crippen molar-refractivity contribution < 1.29 is 4.79 Å². The fraction of sp³-hybridized carbons (Fsp3) is 0.235. The van der Waals surface area contributed by atoms with Crippen LogP contribution in [0, 0.1) is 13.8 Å². The van der Waals surface area contributed by atoms with E-state index in [2.05, 4.69) is 5.32 Å². The van der Waals surface area contributed by atoms with Crippen LogP contribution in [0.4, 0.5) is 5.69 Å². The van der Waals surface area contributed by atoms with Gasteiger partial charge in [0.05, 0.1) is 6.04 Å². The Hall–Kier alpha value is -2.29. The molecule has 0 radical (unpaired) electrons. The lowest BCUT2D eigenvalue weighted by molar-refractivity contribution is 0.0940. The molecule has 0 aliphatic rings. The van der Waals surface area contributed by atoms with Crippen LogP contribution in [0.15, 0.2) is 42.5 Å². The molecule has 20 heavy (non-hydrogen) atoms. The van der Waals surface area contributed by atoms with Crippen molar-refractivity contribution in [2.24, 2.45) is 0 Å². The first-order valence-electron chi connectivity index (χ1n) is 6.71. The number of amides is 1. The van der Waals surface area contributed by atoms with Gasteiger partial charge in [-0.1, -0.05) is 24.3 Å². The van der Waals surface area contributed by atoms with Crippen LogP contribution in [0.2, 0.25) is 0 Å². The van der Waals surface area contributed by atoms with Crippen LogP contribution in [0.5, 0.6) is 0 Å². The Labute approximate surface area is 119 Å². The lowest BCUT2D eigenvalue weighted by Gasteiger charge is -2.16. The zero-order chi connectivity index (χ0) is 14.7. The third-order valence-electron chi connectivity index (χ3n) is 3.58. The fourth-order valence-corrected chi connectivity index (χ4v) is 2.15. The van der Waals surface area contributed by atoms with Gasteiger partial charge in [0.15, 0.2) is 0 Å². The van der Waals surface area contributed by atoms with E-state index in [1.807, 2.05) is 63.2 Å². The smallest absolute Gasteiger partial charge is 0.251 e. The molecule has 3 heteroatoms. The van der Waals surface area contributed by atoms with Crippen molar-refractivity contribution in [2.45, 2.75) is 26.8 Å². The van der Waals surface area contributed by atoms with Gasteiger partial charge in [0.2, 0.25) is 0 Å². The van der Waals surface area contributed by atoms with E-state index in [1.54, 1.807) is 0 Å². The predicted molar refractivity (Wildman–Crippen MR) is 82.7 cm³/mol. The molecule has 104 valence electrons. The van der Waals surface area contributed by atoms with E-state index in [9.17, 15) is 4.79 Å². The molecule has 0 heterocycles. The molecule has 0 saturated carbocycles. The number of carbonyl (C=O) groups excluding carboxylic acids is 1. The molecule has 0 aromatic heterocycles. The molecule has 0 aliphatic carbocycles. The lowest BCUT2D eigenvalue weighted by atomic mass is 10.0. The minimum atomic E-state index is -0.120. The van der Waals surface area contributed by atoms with Gasteiger partial charge >= 0.3 is 0 Å². The van der Waals surface area contributed by atoms with Gasteiger partial charge in [-0.2, -0.15) is 0 Å². The second-order valence-electron chi connectivity index (χ2n) is 5.12. The molecule has 1 amide bonds. The highest BCUT2D eigenvalue weighted by molar-refractivity contribution is 5.94. The Morgan fingerprint density at radius 2 is 1.80 bits per heavy atom. The van der Waals surface area contributed by atoms with Crippen molar-refractivity contribution >= 4 is 11.6 Å². The van der Waals surface area contributed by atoms with E-state index < -0.39 is 0 Å². The minimum absolute atomic E-state index is 0.0798. The average molecular weight is 268 g/mol. The van der Waals surface area contributed by atoms with Crippen molar-refractivity contribution in [3.8, 4) is 0 Å². The molecular weight excluding hydrogens is 248 g/mol. The number of hydrogen-bond donors (Lipinski definition) is 2. The van der Waals surface area contributed by atoms with Gasteiger partial charge < -0.3 is 11.1 Å². The molecule has 2 aromatic rings. The third-order valence-corrected chi connectivity index (χ3v) is 3.58. The van der Waals surface area contributed by atoms with Crippen LogP contribution in [0.3, 0.4) is 0 Å². The molecular formula is C17H20N2O. The van der Waals surface area contributed by atoms with Crippen LogP contribution >= 0.6 is 0 Å². The Balaban J connectivity index is 2.15. The second-order valence-corrected chi connectivity index (χ2v) is 5.12. The first-order valence-corrected chi connectivity index (χ1v) is 6.71. The summed E-state index contributed by atoms with van der Waals surface area (Å²) in [6, 6.07) is 13.2. The molecule has 0 saturated heterocycles. The van der Waals surface area contributed by atoms with Gasteiger partial charge in [0.1, 0.15) is 0 Å². The number of para-hydroxylation sites is 1. The summed E-state index contributed by atoms with van der Waals surface area (Å²) >= 11 is 0. The summed E-state index contributed by atoms with van der Waals surface area (Å²) in [6.07, 6.45) is 0. The predicted octanol–water partition coefficient (Wildman–Crippen LogP) is 3.38. The first-order chi connectivity index (χ1) is 9.49. The summed E-state index contributed by atoms with van der Waals surface area (Å²) in [6.45, 7) is 5.97. The van der Waals surface area contributed by atoms with Crippen LogP contribution in [-0.2, 0) is 0 Å². The summed E-state index contributed by atoms with van der Waals surface area (Å²) < 4.78 is 0. The van der Waals surface area contributed by atoms with Crippen molar-refractivity contribution in [2.75, 3.05) is 5.73 Å². The quantitative estimate of drug-likeness (QED) is 0.838. The Morgan fingerprint density at radius 1 is 1.10 bits per heavy atom. The second kappa shape index (κ2) is 5.78. The molecule has 0 fully saturated rings. The Bertz CT molecular complexity index is 635. The summed E-state index contributed by atoms with van der Waals surface area (Å²) in [7, 11) is 0. The van der Waals surface area contributed by atoms with Crippen molar-refractivity contribution in [1.82, 2.24) is 5.32 Å². The van der Waals surface area contributed by atoms with Gasteiger partial charge in [0.25, 0.3) is 5.91 Å². The monoisotopic (exact) mass is 268 g/mol. The Kier molecular flexibility index (Phi) is 4.08. The van der Waals surface area contributed by atoms with Crippen molar-refractivity contribution in [1.29, 1.82) is 0 Å². The zero-order valence-electron chi connectivity index (χ0n) is 12.1. The number of rotatable bonds is 3. The normalized spacial score (nSPS) is 11.9. The van der Waals surface area contributed by atoms with Gasteiger partial charge in [-0.3, -0.25) is 4.79 Å². The molecule has 0 bridgehead atoms. The molecule has 3 N–H and O–H groups in total. The topological polar surface area (TPSA) is 55.1 Å². The van der Waals surface area contributed by atoms with Crippen molar-refractivity contribution in [3.63, 3.8) is 0 Å². The molecule has 0 aliphatic heterocycles. The number of nitrogen functional groups attached to an aromatic ring is 1. The summed E-state index contributed by atoms with van der Waals surface area (Å²) in [5.74, 6) is -0.0798. The average Bonchev–Trinajstić information content (AvgIpc) is 2.42. The SMILES string of the molecule is Cc1ccc(C(=O)NC(C)c2ccccc2N)cc1C. The minimum Gasteiger partial charge on any atom is -0.398 e. The summed E-state index contributed by atoms with van der Waals surface area (Å²) in [5, 5.41) is 2.98. The van der Waals surface area contributed by atoms with Gasteiger partial charge in [-0.05, 0) is 55.7 Å². The van der Waals surface area contributed by atoms with Crippen LogP contribution in [0.1, 0.15) is 40.0 Å². The number of nitrogens with two attached hydrogens (primary N) is 1. The maximum absolute atomic E-state index is 12.3. The van der Waals surface area contributed by atoms with Gasteiger partial charge in [-0.25, -0.2) is 0 Å². The van der Waals surface area contributed by atoms with Crippen molar-refractivity contribution in [3.05, 3.63) is 64.7 Å². The van der Waals surface area contributed by atoms with Gasteiger partial charge in [0, 0.05) is 11.3 Å². The highest BCUT2D eigenvalue weighted by Crippen LogP contribution is 2.20. The van der Waals surface area contributed by atoms with Crippen LogP contribution in [0.25, 0.3) is 0 Å². The maximum Gasteiger partial charge on any atom is 0.251 e. The van der Waals surface area contributed by atoms with E-state index in [4.69, 9.17) is 5.73 Å². The van der Waals surface area contributed by atoms with Crippen LogP contribution in [-0.4, -0.2) is 5.91 Å². The molecule has 1 atom stereocenters. The molecule has 3 nitrogen and oxygen atoms in total. The van der Waals surface area contributed by atoms with E-state index in [1.165, 1.54) is 5.56 Å². The van der Waals surface area contributed by atoms with E-state index in [0.717, 1.165) is 11.1 Å². The molecule has 2 aromatic carbocycles. The van der Waals surface area contributed by atoms with E-state index in [-0.39, 0.29) is 11.9 Å². The number of anilines is 1. The number of benzene rings is 2. The van der Waals surface area contributed by atoms with E-state index in [0.29, 0.717) is 11.3 Å². The summed E-state index contributed by atoms with van der Waals surface area (Å²) in [5.41, 5.74) is 10.5. The highest BCUT2D eigenvalue weighted by Gasteiger charge is 2.13. The first kappa shape index (κ1) is 14.1. The molecule has 2 rings (SSSR count). The van der Waals surface area contributed by atoms with E-state index >= 15 is 0 Å². The number of nitrogens with one attached hydrogen (secondary N) is 1. The molecule has 1 unspecified atom stereocenters. The number of aryl methyl sites for hydroxylation is 2. The number of hydrogen-bond acceptors (Lipinski definition) is 2. The lowest BCUT2D eigenvalue weighted by Crippen LogP contribution is -2.27. The number of carbonyl (C=O) groups is 1. The van der Waals surface area contributed by atoms with Crippen LogP contribution < -0.4 is 11.1 Å². The largest absolute Gasteiger partial charge is 0.398 e. The summed E-state index contributed by atoms with van der Waals surface area (Å²) in [4.78, 5) is 12.3. The maximum atomic E-state index is 12.3. The van der Waals surface area contributed by atoms with Gasteiger partial charge in [-0.15, -0.1) is 0 Å². The Morgan fingerprint density at radius 3 is 2.45 bits per heavy atom. The zero-order valence-corrected chi connectivity index (χ0v) is 12.1. The molecule has 0 spiro atoms. The highest BCUT2D eigenvalue weighted by atomic mass is 16.1. The standard InChI is InChI=1S/C17H20N2O/c1-11-8-9-14(10-12(11)2)17(20)19-13(3)15-6-4-5-7-16(15)18/h4-10,13H,18H2,1-3H3,(H,19,20). The third kappa shape index (κ3) is 2.99.